The number of hydrogen-bond donors (Lipinski definition) is 2. The summed E-state index contributed by atoms with van der Waals surface area (Å²) in [6.45, 7) is 7.71. The summed E-state index contributed by atoms with van der Waals surface area (Å²) in [5, 5.41) is 5.32. The first-order valence-electron chi connectivity index (χ1n) is 9.07. The number of esters is 2. The number of benzene rings is 1. The fraction of sp³-hybridized carbons (Fsp3) is 0.450. The molecule has 1 atom stereocenters. The van der Waals surface area contributed by atoms with E-state index in [9.17, 15) is 14.4 Å². The zero-order chi connectivity index (χ0) is 20.0. The van der Waals surface area contributed by atoms with Gasteiger partial charge in [-0.25, -0.2) is 9.59 Å². The van der Waals surface area contributed by atoms with Gasteiger partial charge in [-0.1, -0.05) is 26.0 Å². The maximum absolute atomic E-state index is 12.3. The molecule has 27 heavy (non-hydrogen) atoms. The summed E-state index contributed by atoms with van der Waals surface area (Å²) >= 11 is 0. The van der Waals surface area contributed by atoms with Crippen molar-refractivity contribution >= 4 is 18.0 Å². The quantitative estimate of drug-likeness (QED) is 0.565. The van der Waals surface area contributed by atoms with Gasteiger partial charge in [-0.2, -0.15) is 0 Å². The average Bonchev–Trinajstić information content (AvgIpc) is 2.60. The van der Waals surface area contributed by atoms with Crippen LogP contribution in [0, 0.1) is 5.92 Å². The normalized spacial score (nSPS) is 16.6. The molecule has 1 aliphatic heterocycles. The minimum Gasteiger partial charge on any atom is -0.463 e. The van der Waals surface area contributed by atoms with E-state index in [0.29, 0.717) is 34.9 Å². The highest BCUT2D eigenvalue weighted by molar-refractivity contribution is 5.95. The second-order valence-corrected chi connectivity index (χ2v) is 6.77. The molecule has 2 rings (SSSR count). The van der Waals surface area contributed by atoms with Crippen LogP contribution in [0.5, 0.6) is 5.75 Å². The third-order valence-corrected chi connectivity index (χ3v) is 4.14. The van der Waals surface area contributed by atoms with Crippen molar-refractivity contribution in [1.29, 1.82) is 0 Å². The third-order valence-electron chi connectivity index (χ3n) is 4.14. The van der Waals surface area contributed by atoms with Crippen molar-refractivity contribution in [3.63, 3.8) is 0 Å². The Morgan fingerprint density at radius 1 is 1.19 bits per heavy atom. The SMILES string of the molecule is CCOC(=O)C1=C(C)NC(=O)NC1c1ccc(OC(=O)CCC(C)C)cc1. The minimum absolute atomic E-state index is 0.238. The fourth-order valence-electron chi connectivity index (χ4n) is 2.74. The maximum atomic E-state index is 12.3. The van der Waals surface area contributed by atoms with E-state index < -0.39 is 18.0 Å². The standard InChI is InChI=1S/C20H26N2O5/c1-5-26-19(24)17-13(4)21-20(25)22-18(17)14-7-9-15(10-8-14)27-16(23)11-6-12(2)3/h7-10,12,18H,5-6,11H2,1-4H3,(H2,21,22,25). The van der Waals surface area contributed by atoms with E-state index in [1.807, 2.05) is 13.8 Å². The van der Waals surface area contributed by atoms with Crippen molar-refractivity contribution in [2.45, 2.75) is 46.6 Å². The molecular formula is C20H26N2O5. The number of carbonyl (C=O) groups is 3. The Labute approximate surface area is 159 Å². The largest absolute Gasteiger partial charge is 0.463 e. The number of urea groups is 1. The number of allylic oxidation sites excluding steroid dienone is 1. The third kappa shape index (κ3) is 5.57. The minimum atomic E-state index is -0.636. The summed E-state index contributed by atoms with van der Waals surface area (Å²) in [4.78, 5) is 36.0. The highest BCUT2D eigenvalue weighted by Crippen LogP contribution is 2.29. The molecule has 1 aliphatic rings. The highest BCUT2D eigenvalue weighted by atomic mass is 16.5. The predicted octanol–water partition coefficient (Wildman–Crippen LogP) is 3.22. The topological polar surface area (TPSA) is 93.7 Å². The molecule has 146 valence electrons. The van der Waals surface area contributed by atoms with Gasteiger partial charge in [0.1, 0.15) is 5.75 Å². The summed E-state index contributed by atoms with van der Waals surface area (Å²) in [6, 6.07) is 5.70. The van der Waals surface area contributed by atoms with Gasteiger partial charge in [-0.3, -0.25) is 4.79 Å². The molecule has 1 aromatic carbocycles. The van der Waals surface area contributed by atoms with Crippen LogP contribution in [-0.2, 0) is 14.3 Å². The number of hydrogen-bond acceptors (Lipinski definition) is 5. The first-order valence-corrected chi connectivity index (χ1v) is 9.07. The van der Waals surface area contributed by atoms with E-state index in [1.54, 1.807) is 38.1 Å². The summed E-state index contributed by atoms with van der Waals surface area (Å²) < 4.78 is 10.4. The predicted molar refractivity (Wildman–Crippen MR) is 99.9 cm³/mol. The van der Waals surface area contributed by atoms with Crippen LogP contribution in [0.4, 0.5) is 4.79 Å². The second-order valence-electron chi connectivity index (χ2n) is 6.77. The Morgan fingerprint density at radius 3 is 2.44 bits per heavy atom. The van der Waals surface area contributed by atoms with Crippen LogP contribution in [0.3, 0.4) is 0 Å². The number of rotatable bonds is 7. The van der Waals surface area contributed by atoms with Crippen molar-refractivity contribution < 1.29 is 23.9 Å². The van der Waals surface area contributed by atoms with E-state index in [-0.39, 0.29) is 12.6 Å². The molecule has 7 nitrogen and oxygen atoms in total. The lowest BCUT2D eigenvalue weighted by Gasteiger charge is -2.28. The molecule has 1 heterocycles. The van der Waals surface area contributed by atoms with Gasteiger partial charge in [0.05, 0.1) is 18.2 Å². The fourth-order valence-corrected chi connectivity index (χ4v) is 2.74. The van der Waals surface area contributed by atoms with E-state index >= 15 is 0 Å². The van der Waals surface area contributed by atoms with Crippen LogP contribution in [-0.4, -0.2) is 24.6 Å². The molecule has 0 fully saturated rings. The Bertz CT molecular complexity index is 737. The summed E-state index contributed by atoms with van der Waals surface area (Å²) in [6.07, 6.45) is 1.13. The van der Waals surface area contributed by atoms with Gasteiger partial charge in [0.15, 0.2) is 0 Å². The van der Waals surface area contributed by atoms with E-state index in [2.05, 4.69) is 10.6 Å². The van der Waals surface area contributed by atoms with Crippen molar-refractivity contribution in [3.05, 3.63) is 41.1 Å². The Hall–Kier alpha value is -2.83. The van der Waals surface area contributed by atoms with Gasteiger partial charge >= 0.3 is 18.0 Å². The number of amides is 2. The van der Waals surface area contributed by atoms with Crippen molar-refractivity contribution in [1.82, 2.24) is 10.6 Å². The van der Waals surface area contributed by atoms with Crippen molar-refractivity contribution in [3.8, 4) is 5.75 Å². The Morgan fingerprint density at radius 2 is 1.85 bits per heavy atom. The van der Waals surface area contributed by atoms with E-state index in [0.717, 1.165) is 6.42 Å². The molecule has 0 spiro atoms. The molecule has 2 amide bonds. The van der Waals surface area contributed by atoms with Crippen LogP contribution in [0.2, 0.25) is 0 Å². The zero-order valence-corrected chi connectivity index (χ0v) is 16.1. The summed E-state index contributed by atoms with van der Waals surface area (Å²) in [7, 11) is 0. The monoisotopic (exact) mass is 374 g/mol. The van der Waals surface area contributed by atoms with Crippen LogP contribution in [0.25, 0.3) is 0 Å². The van der Waals surface area contributed by atoms with Gasteiger partial charge in [0, 0.05) is 12.1 Å². The van der Waals surface area contributed by atoms with Crippen molar-refractivity contribution in [2.24, 2.45) is 5.92 Å². The number of ether oxygens (including phenoxy) is 2. The lowest BCUT2D eigenvalue weighted by Crippen LogP contribution is -2.45. The second kappa shape index (κ2) is 9.21. The number of carbonyl (C=O) groups excluding carboxylic acids is 3. The molecule has 0 aliphatic carbocycles. The molecule has 0 saturated carbocycles. The lowest BCUT2D eigenvalue weighted by molar-refractivity contribution is -0.139. The van der Waals surface area contributed by atoms with E-state index in [4.69, 9.17) is 9.47 Å². The lowest BCUT2D eigenvalue weighted by atomic mass is 9.95. The molecule has 0 bridgehead atoms. The molecule has 1 unspecified atom stereocenters. The van der Waals surface area contributed by atoms with Gasteiger partial charge in [-0.05, 0) is 43.9 Å². The molecule has 0 aromatic heterocycles. The highest BCUT2D eigenvalue weighted by Gasteiger charge is 2.32. The van der Waals surface area contributed by atoms with Gasteiger partial charge in [-0.15, -0.1) is 0 Å². The smallest absolute Gasteiger partial charge is 0.338 e. The summed E-state index contributed by atoms with van der Waals surface area (Å²) in [5.74, 6) is 0.0807. The van der Waals surface area contributed by atoms with Crippen LogP contribution >= 0.6 is 0 Å². The molecule has 0 radical (unpaired) electrons. The van der Waals surface area contributed by atoms with Gasteiger partial charge in [0.25, 0.3) is 0 Å². The zero-order valence-electron chi connectivity index (χ0n) is 16.1. The molecule has 7 heteroatoms. The molecular weight excluding hydrogens is 348 g/mol. The van der Waals surface area contributed by atoms with Gasteiger partial charge in [0.2, 0.25) is 0 Å². The Balaban J connectivity index is 2.16. The first-order chi connectivity index (χ1) is 12.8. The van der Waals surface area contributed by atoms with Gasteiger partial charge < -0.3 is 20.1 Å². The maximum Gasteiger partial charge on any atom is 0.338 e. The number of nitrogens with one attached hydrogen (secondary N) is 2. The molecule has 2 N–H and O–H groups in total. The van der Waals surface area contributed by atoms with Crippen LogP contribution in [0.1, 0.15) is 52.1 Å². The summed E-state index contributed by atoms with van der Waals surface area (Å²) in [5.41, 5.74) is 1.48. The average molecular weight is 374 g/mol. The molecule has 0 saturated heterocycles. The van der Waals surface area contributed by atoms with E-state index in [1.165, 1.54) is 0 Å². The molecule has 1 aromatic rings. The van der Waals surface area contributed by atoms with Crippen LogP contribution in [0.15, 0.2) is 35.5 Å². The van der Waals surface area contributed by atoms with Crippen molar-refractivity contribution in [2.75, 3.05) is 6.61 Å². The first kappa shape index (κ1) is 20.5. The van der Waals surface area contributed by atoms with Crippen LogP contribution < -0.4 is 15.4 Å². The Kier molecular flexibility index (Phi) is 6.98.